The SMILES string of the molecule is COc1ccc(C=CO)cc1OC. The van der Waals surface area contributed by atoms with Crippen LogP contribution in [-0.2, 0) is 0 Å². The Morgan fingerprint density at radius 1 is 1.15 bits per heavy atom. The van der Waals surface area contributed by atoms with Crippen LogP contribution in [0.15, 0.2) is 24.5 Å². The van der Waals surface area contributed by atoms with Crippen molar-refractivity contribution in [2.75, 3.05) is 14.2 Å². The van der Waals surface area contributed by atoms with E-state index in [1.807, 2.05) is 6.07 Å². The zero-order chi connectivity index (χ0) is 9.68. The van der Waals surface area contributed by atoms with Gasteiger partial charge in [-0.25, -0.2) is 0 Å². The van der Waals surface area contributed by atoms with E-state index >= 15 is 0 Å². The summed E-state index contributed by atoms with van der Waals surface area (Å²) in [4.78, 5) is 0. The van der Waals surface area contributed by atoms with Crippen molar-refractivity contribution in [2.24, 2.45) is 0 Å². The minimum atomic E-state index is 0.651. The molecule has 0 unspecified atom stereocenters. The standard InChI is InChI=1S/C10H12O3/c1-12-9-4-3-8(5-6-11)7-10(9)13-2/h3-7,11H,1-2H3. The molecule has 1 rings (SSSR count). The molecule has 3 heteroatoms. The molecule has 1 aromatic rings. The Kier molecular flexibility index (Phi) is 3.20. The number of methoxy groups -OCH3 is 2. The van der Waals surface area contributed by atoms with Gasteiger partial charge in [-0.1, -0.05) is 6.07 Å². The van der Waals surface area contributed by atoms with Crippen molar-refractivity contribution in [2.45, 2.75) is 0 Å². The fourth-order valence-corrected chi connectivity index (χ4v) is 1.04. The topological polar surface area (TPSA) is 38.7 Å². The number of ether oxygens (including phenoxy) is 2. The van der Waals surface area contributed by atoms with Crippen LogP contribution in [0.2, 0.25) is 0 Å². The van der Waals surface area contributed by atoms with Gasteiger partial charge in [0, 0.05) is 0 Å². The Bertz CT molecular complexity index is 305. The van der Waals surface area contributed by atoms with E-state index < -0.39 is 0 Å². The lowest BCUT2D eigenvalue weighted by atomic mass is 10.2. The summed E-state index contributed by atoms with van der Waals surface area (Å²) in [5.74, 6) is 1.33. The average Bonchev–Trinajstić information content (AvgIpc) is 2.18. The fourth-order valence-electron chi connectivity index (χ4n) is 1.04. The number of hydrogen-bond donors (Lipinski definition) is 1. The molecule has 0 aliphatic carbocycles. The van der Waals surface area contributed by atoms with Crippen LogP contribution in [-0.4, -0.2) is 19.3 Å². The predicted octanol–water partition coefficient (Wildman–Crippen LogP) is 2.23. The Morgan fingerprint density at radius 2 is 1.85 bits per heavy atom. The summed E-state index contributed by atoms with van der Waals surface area (Å²) in [6.07, 6.45) is 2.56. The van der Waals surface area contributed by atoms with Crippen molar-refractivity contribution in [1.82, 2.24) is 0 Å². The first-order chi connectivity index (χ1) is 6.31. The molecule has 0 aliphatic heterocycles. The maximum absolute atomic E-state index is 8.56. The van der Waals surface area contributed by atoms with Crippen molar-refractivity contribution < 1.29 is 14.6 Å². The molecule has 13 heavy (non-hydrogen) atoms. The van der Waals surface area contributed by atoms with Crippen LogP contribution < -0.4 is 9.47 Å². The maximum Gasteiger partial charge on any atom is 0.161 e. The molecule has 1 aromatic carbocycles. The molecule has 70 valence electrons. The van der Waals surface area contributed by atoms with Gasteiger partial charge in [0.05, 0.1) is 20.5 Å². The molecule has 0 spiro atoms. The van der Waals surface area contributed by atoms with E-state index in [4.69, 9.17) is 14.6 Å². The summed E-state index contributed by atoms with van der Waals surface area (Å²) in [5, 5.41) is 8.56. The number of benzene rings is 1. The third kappa shape index (κ3) is 2.15. The molecule has 0 bridgehead atoms. The highest BCUT2D eigenvalue weighted by molar-refractivity contribution is 5.55. The zero-order valence-electron chi connectivity index (χ0n) is 7.65. The predicted molar refractivity (Wildman–Crippen MR) is 51.2 cm³/mol. The number of aliphatic hydroxyl groups excluding tert-OH is 1. The molecular formula is C10H12O3. The van der Waals surface area contributed by atoms with Crippen molar-refractivity contribution >= 4 is 6.08 Å². The minimum Gasteiger partial charge on any atom is -0.516 e. The second-order valence-corrected chi connectivity index (χ2v) is 2.43. The first kappa shape index (κ1) is 9.45. The number of rotatable bonds is 3. The van der Waals surface area contributed by atoms with Crippen LogP contribution in [0.5, 0.6) is 11.5 Å². The summed E-state index contributed by atoms with van der Waals surface area (Å²) in [6, 6.07) is 5.40. The average molecular weight is 180 g/mol. The third-order valence-electron chi connectivity index (χ3n) is 1.67. The minimum absolute atomic E-state index is 0.651. The van der Waals surface area contributed by atoms with Crippen LogP contribution >= 0.6 is 0 Å². The molecule has 1 N–H and O–H groups in total. The molecular weight excluding hydrogens is 168 g/mol. The van der Waals surface area contributed by atoms with Crippen molar-refractivity contribution in [1.29, 1.82) is 0 Å². The van der Waals surface area contributed by atoms with Crippen molar-refractivity contribution in [3.8, 4) is 11.5 Å². The first-order valence-electron chi connectivity index (χ1n) is 3.84. The molecule has 0 heterocycles. The lowest BCUT2D eigenvalue weighted by Crippen LogP contribution is -1.90. The molecule has 0 fully saturated rings. The van der Waals surface area contributed by atoms with E-state index in [2.05, 4.69) is 0 Å². The van der Waals surface area contributed by atoms with Crippen LogP contribution in [0.3, 0.4) is 0 Å². The van der Waals surface area contributed by atoms with Crippen molar-refractivity contribution in [3.05, 3.63) is 30.0 Å². The van der Waals surface area contributed by atoms with E-state index in [9.17, 15) is 0 Å². The molecule has 0 saturated carbocycles. The largest absolute Gasteiger partial charge is 0.516 e. The van der Waals surface area contributed by atoms with E-state index in [1.54, 1.807) is 32.4 Å². The first-order valence-corrected chi connectivity index (χ1v) is 3.84. The second-order valence-electron chi connectivity index (χ2n) is 2.43. The maximum atomic E-state index is 8.56. The second kappa shape index (κ2) is 4.40. The van der Waals surface area contributed by atoms with Gasteiger partial charge < -0.3 is 14.6 Å². The van der Waals surface area contributed by atoms with Crippen LogP contribution in [0.25, 0.3) is 6.08 Å². The highest BCUT2D eigenvalue weighted by Gasteiger charge is 2.01. The third-order valence-corrected chi connectivity index (χ3v) is 1.67. The van der Waals surface area contributed by atoms with Gasteiger partial charge in [0.25, 0.3) is 0 Å². The zero-order valence-corrected chi connectivity index (χ0v) is 7.65. The Balaban J connectivity index is 3.05. The smallest absolute Gasteiger partial charge is 0.161 e. The van der Waals surface area contributed by atoms with Crippen molar-refractivity contribution in [3.63, 3.8) is 0 Å². The van der Waals surface area contributed by atoms with Gasteiger partial charge in [0.1, 0.15) is 0 Å². The van der Waals surface area contributed by atoms with Gasteiger partial charge in [-0.3, -0.25) is 0 Å². The van der Waals surface area contributed by atoms with Crippen LogP contribution in [0.4, 0.5) is 0 Å². The molecule has 0 amide bonds. The quantitative estimate of drug-likeness (QED) is 0.725. The van der Waals surface area contributed by atoms with E-state index in [1.165, 1.54) is 0 Å². The lowest BCUT2D eigenvalue weighted by Gasteiger charge is -2.07. The highest BCUT2D eigenvalue weighted by atomic mass is 16.5. The number of aliphatic hydroxyl groups is 1. The normalized spacial score (nSPS) is 10.3. The Labute approximate surface area is 77.2 Å². The van der Waals surface area contributed by atoms with Gasteiger partial charge in [0.15, 0.2) is 11.5 Å². The van der Waals surface area contributed by atoms with E-state index in [0.29, 0.717) is 11.5 Å². The van der Waals surface area contributed by atoms with Gasteiger partial charge in [-0.05, 0) is 23.8 Å². The highest BCUT2D eigenvalue weighted by Crippen LogP contribution is 2.27. The fraction of sp³-hybridized carbons (Fsp3) is 0.200. The van der Waals surface area contributed by atoms with E-state index in [0.717, 1.165) is 11.8 Å². The molecule has 3 nitrogen and oxygen atoms in total. The van der Waals surface area contributed by atoms with E-state index in [-0.39, 0.29) is 0 Å². The summed E-state index contributed by atoms with van der Waals surface area (Å²) in [6.45, 7) is 0. The summed E-state index contributed by atoms with van der Waals surface area (Å²) in [7, 11) is 3.16. The molecule has 0 aliphatic rings. The van der Waals surface area contributed by atoms with Crippen LogP contribution in [0.1, 0.15) is 5.56 Å². The monoisotopic (exact) mass is 180 g/mol. The molecule has 0 atom stereocenters. The Hall–Kier alpha value is -1.64. The molecule has 0 radical (unpaired) electrons. The Morgan fingerprint density at radius 3 is 2.38 bits per heavy atom. The summed E-state index contributed by atoms with van der Waals surface area (Å²) < 4.78 is 10.1. The molecule has 0 aromatic heterocycles. The van der Waals surface area contributed by atoms with Gasteiger partial charge >= 0.3 is 0 Å². The summed E-state index contributed by atoms with van der Waals surface area (Å²) in [5.41, 5.74) is 0.861. The summed E-state index contributed by atoms with van der Waals surface area (Å²) >= 11 is 0. The molecule has 0 saturated heterocycles. The lowest BCUT2D eigenvalue weighted by molar-refractivity contribution is 0.355. The van der Waals surface area contributed by atoms with Crippen LogP contribution in [0, 0.1) is 0 Å². The van der Waals surface area contributed by atoms with Gasteiger partial charge in [0.2, 0.25) is 0 Å². The van der Waals surface area contributed by atoms with Gasteiger partial charge in [-0.2, -0.15) is 0 Å². The van der Waals surface area contributed by atoms with Gasteiger partial charge in [-0.15, -0.1) is 0 Å². The number of hydrogen-bond acceptors (Lipinski definition) is 3.